The highest BCUT2D eigenvalue weighted by Crippen LogP contribution is 2.21. The van der Waals surface area contributed by atoms with Gasteiger partial charge in [0.05, 0.1) is 0 Å². The number of aromatic nitrogens is 2. The van der Waals surface area contributed by atoms with Crippen molar-refractivity contribution in [2.75, 3.05) is 20.2 Å². The first kappa shape index (κ1) is 16.8. The van der Waals surface area contributed by atoms with E-state index in [0.717, 1.165) is 23.5 Å². The molecule has 1 N–H and O–H groups in total. The van der Waals surface area contributed by atoms with Crippen molar-refractivity contribution < 1.29 is 17.9 Å². The van der Waals surface area contributed by atoms with E-state index in [9.17, 15) is 13.2 Å². The Morgan fingerprint density at radius 1 is 1.20 bits per heavy atom. The highest BCUT2D eigenvalue weighted by Gasteiger charge is 2.27. The first-order valence-electron chi connectivity index (χ1n) is 6.37. The summed E-state index contributed by atoms with van der Waals surface area (Å²) in [5, 5.41) is 3.08. The van der Waals surface area contributed by atoms with Gasteiger partial charge >= 0.3 is 6.18 Å². The third-order valence-electron chi connectivity index (χ3n) is 2.87. The first-order valence-corrected chi connectivity index (χ1v) is 6.37. The second-order valence-electron chi connectivity index (χ2n) is 4.79. The van der Waals surface area contributed by atoms with Crippen LogP contribution in [0.2, 0.25) is 0 Å². The van der Waals surface area contributed by atoms with Crippen LogP contribution in [0.5, 0.6) is 0 Å². The molecule has 0 aliphatic rings. The molecule has 0 fully saturated rings. The van der Waals surface area contributed by atoms with Crippen LogP contribution in [0, 0.1) is 13.8 Å². The molecule has 0 saturated carbocycles. The smallest absolute Gasteiger partial charge is 0.364 e. The molecule has 1 atom stereocenters. The normalized spacial score (nSPS) is 13.6. The van der Waals surface area contributed by atoms with Gasteiger partial charge in [-0.25, -0.2) is 9.97 Å². The Balaban J connectivity index is 2.78. The van der Waals surface area contributed by atoms with Gasteiger partial charge in [0.25, 0.3) is 0 Å². The van der Waals surface area contributed by atoms with Gasteiger partial charge in [-0.2, -0.15) is 13.2 Å². The largest absolute Gasteiger partial charge is 0.411 e. The van der Waals surface area contributed by atoms with E-state index in [4.69, 9.17) is 0 Å². The number of nitrogens with zero attached hydrogens (tertiary/aromatic N) is 2. The van der Waals surface area contributed by atoms with Gasteiger partial charge in [-0.05, 0) is 32.4 Å². The number of halogens is 3. The van der Waals surface area contributed by atoms with Gasteiger partial charge in [0.2, 0.25) is 0 Å². The fourth-order valence-corrected chi connectivity index (χ4v) is 2.24. The maximum Gasteiger partial charge on any atom is 0.411 e. The van der Waals surface area contributed by atoms with Gasteiger partial charge in [0.15, 0.2) is 5.82 Å². The molecule has 1 heterocycles. The highest BCUT2D eigenvalue weighted by atomic mass is 19.4. The van der Waals surface area contributed by atoms with Crippen molar-refractivity contribution in [3.63, 3.8) is 0 Å². The van der Waals surface area contributed by atoms with Gasteiger partial charge in [-0.15, -0.1) is 0 Å². The second kappa shape index (κ2) is 6.99. The average molecular weight is 291 g/mol. The highest BCUT2D eigenvalue weighted by molar-refractivity contribution is 5.28. The quantitative estimate of drug-likeness (QED) is 0.875. The maximum absolute atomic E-state index is 12.0. The lowest BCUT2D eigenvalue weighted by Gasteiger charge is -2.17. The number of nitrogens with one attached hydrogen (secondary N) is 1. The van der Waals surface area contributed by atoms with E-state index in [1.54, 1.807) is 0 Å². The molecule has 0 radical (unpaired) electrons. The molecule has 0 spiro atoms. The van der Waals surface area contributed by atoms with Crippen molar-refractivity contribution in [3.05, 3.63) is 22.8 Å². The van der Waals surface area contributed by atoms with E-state index in [1.165, 1.54) is 0 Å². The summed E-state index contributed by atoms with van der Waals surface area (Å²) >= 11 is 0. The molecule has 4 nitrogen and oxygen atoms in total. The Morgan fingerprint density at radius 3 is 2.20 bits per heavy atom. The second-order valence-corrected chi connectivity index (χ2v) is 4.79. The molecule has 0 bridgehead atoms. The Morgan fingerprint density at radius 2 is 1.75 bits per heavy atom. The van der Waals surface area contributed by atoms with Crippen LogP contribution in [0.15, 0.2) is 0 Å². The molecule has 0 aromatic carbocycles. The SMILES string of the molecule is CNCC(C)c1c(C)nc(COCC(F)(F)F)nc1C. The van der Waals surface area contributed by atoms with Crippen molar-refractivity contribution in [1.29, 1.82) is 0 Å². The number of aryl methyl sites for hydroxylation is 2. The minimum absolute atomic E-state index is 0.234. The summed E-state index contributed by atoms with van der Waals surface area (Å²) in [5.41, 5.74) is 2.59. The van der Waals surface area contributed by atoms with E-state index in [1.807, 2.05) is 20.9 Å². The first-order chi connectivity index (χ1) is 9.24. The van der Waals surface area contributed by atoms with Crippen molar-refractivity contribution in [1.82, 2.24) is 15.3 Å². The lowest BCUT2D eigenvalue weighted by Crippen LogP contribution is -2.19. The van der Waals surface area contributed by atoms with Crippen LogP contribution in [0.3, 0.4) is 0 Å². The van der Waals surface area contributed by atoms with Gasteiger partial charge in [-0.1, -0.05) is 6.92 Å². The van der Waals surface area contributed by atoms with Crippen LogP contribution < -0.4 is 5.32 Å². The van der Waals surface area contributed by atoms with Crippen molar-refractivity contribution in [2.24, 2.45) is 0 Å². The number of hydrogen-bond donors (Lipinski definition) is 1. The van der Waals surface area contributed by atoms with E-state index in [2.05, 4.69) is 26.9 Å². The van der Waals surface area contributed by atoms with Crippen molar-refractivity contribution >= 4 is 0 Å². The lowest BCUT2D eigenvalue weighted by molar-refractivity contribution is -0.177. The number of alkyl halides is 3. The lowest BCUT2D eigenvalue weighted by atomic mass is 9.98. The zero-order chi connectivity index (χ0) is 15.3. The predicted molar refractivity (Wildman–Crippen MR) is 69.6 cm³/mol. The Bertz CT molecular complexity index is 426. The third kappa shape index (κ3) is 5.05. The van der Waals surface area contributed by atoms with E-state index < -0.39 is 12.8 Å². The molecule has 0 aliphatic carbocycles. The molecule has 1 aromatic rings. The Kier molecular flexibility index (Phi) is 5.88. The zero-order valence-corrected chi connectivity index (χ0v) is 12.1. The summed E-state index contributed by atoms with van der Waals surface area (Å²) in [4.78, 5) is 8.45. The van der Waals surface area contributed by atoms with Crippen LogP contribution in [-0.2, 0) is 11.3 Å². The Hall–Kier alpha value is -1.21. The number of hydrogen-bond acceptors (Lipinski definition) is 4. The fraction of sp³-hybridized carbons (Fsp3) is 0.692. The maximum atomic E-state index is 12.0. The molecule has 0 aliphatic heterocycles. The Labute approximate surface area is 116 Å². The summed E-state index contributed by atoms with van der Waals surface area (Å²) < 4.78 is 40.6. The fourth-order valence-electron chi connectivity index (χ4n) is 2.24. The monoisotopic (exact) mass is 291 g/mol. The van der Waals surface area contributed by atoms with E-state index in [0.29, 0.717) is 0 Å². The summed E-state index contributed by atoms with van der Waals surface area (Å²) in [6, 6.07) is 0. The van der Waals surface area contributed by atoms with Gasteiger partial charge < -0.3 is 10.1 Å². The summed E-state index contributed by atoms with van der Waals surface area (Å²) in [7, 11) is 1.86. The predicted octanol–water partition coefficient (Wildman–Crippen LogP) is 2.50. The van der Waals surface area contributed by atoms with Crippen molar-refractivity contribution in [2.45, 2.75) is 39.5 Å². The number of ether oxygens (including phenoxy) is 1. The number of likely N-dealkylation sites (N-methyl/N-ethyl adjacent to an activating group) is 1. The van der Waals surface area contributed by atoms with Gasteiger partial charge in [0, 0.05) is 17.9 Å². The van der Waals surface area contributed by atoms with Gasteiger partial charge in [0.1, 0.15) is 13.2 Å². The molecule has 20 heavy (non-hydrogen) atoms. The van der Waals surface area contributed by atoms with Gasteiger partial charge in [-0.3, -0.25) is 0 Å². The molecule has 1 aromatic heterocycles. The molecule has 0 amide bonds. The van der Waals surface area contributed by atoms with Crippen LogP contribution >= 0.6 is 0 Å². The minimum atomic E-state index is -4.33. The third-order valence-corrected chi connectivity index (χ3v) is 2.87. The summed E-state index contributed by atoms with van der Waals surface area (Å²) in [5.74, 6) is 0.523. The average Bonchev–Trinajstić information content (AvgIpc) is 2.26. The van der Waals surface area contributed by atoms with E-state index in [-0.39, 0.29) is 18.3 Å². The molecule has 0 saturated heterocycles. The zero-order valence-electron chi connectivity index (χ0n) is 12.1. The van der Waals surface area contributed by atoms with Crippen LogP contribution in [0.1, 0.15) is 35.6 Å². The summed E-state index contributed by atoms with van der Waals surface area (Å²) in [6.07, 6.45) is -4.33. The molecular formula is C13H20F3N3O. The van der Waals surface area contributed by atoms with Crippen molar-refractivity contribution in [3.8, 4) is 0 Å². The summed E-state index contributed by atoms with van der Waals surface area (Å²) in [6.45, 7) is 4.99. The molecular weight excluding hydrogens is 271 g/mol. The minimum Gasteiger partial charge on any atom is -0.364 e. The van der Waals surface area contributed by atoms with Crippen LogP contribution in [0.4, 0.5) is 13.2 Å². The topological polar surface area (TPSA) is 47.0 Å². The molecule has 7 heteroatoms. The molecule has 1 unspecified atom stereocenters. The van der Waals surface area contributed by atoms with Crippen LogP contribution in [-0.4, -0.2) is 36.3 Å². The molecule has 114 valence electrons. The number of rotatable bonds is 6. The van der Waals surface area contributed by atoms with Crippen LogP contribution in [0.25, 0.3) is 0 Å². The standard InChI is InChI=1S/C13H20F3N3O/c1-8(5-17-4)12-9(2)18-11(19-10(12)3)6-20-7-13(14,15)16/h8,17H,5-7H2,1-4H3. The van der Waals surface area contributed by atoms with E-state index >= 15 is 0 Å². The molecule has 1 rings (SSSR count).